The van der Waals surface area contributed by atoms with Crippen LogP contribution in [0.2, 0.25) is 5.02 Å². The van der Waals surface area contributed by atoms with Crippen molar-refractivity contribution in [2.45, 2.75) is 0 Å². The molecule has 0 saturated heterocycles. The van der Waals surface area contributed by atoms with Crippen LogP contribution in [0.4, 0.5) is 11.5 Å². The summed E-state index contributed by atoms with van der Waals surface area (Å²) in [5.74, 6) is 2.00. The highest BCUT2D eigenvalue weighted by molar-refractivity contribution is 6.37. The molecule has 1 N–H and O–H groups in total. The smallest absolute Gasteiger partial charge is 0.131 e. The highest BCUT2D eigenvalue weighted by Crippen LogP contribution is 2.33. The van der Waals surface area contributed by atoms with E-state index in [-0.39, 0.29) is 0 Å². The number of hydrogen-bond acceptors (Lipinski definition) is 6. The molecule has 3 heterocycles. The molecule has 8 heteroatoms. The van der Waals surface area contributed by atoms with Crippen molar-refractivity contribution in [1.29, 1.82) is 0 Å². The predicted octanol–water partition coefficient (Wildman–Crippen LogP) is 4.44. The molecule has 0 bridgehead atoms. The van der Waals surface area contributed by atoms with Gasteiger partial charge in [0.15, 0.2) is 0 Å². The van der Waals surface area contributed by atoms with Crippen LogP contribution in [0.1, 0.15) is 0 Å². The van der Waals surface area contributed by atoms with E-state index in [9.17, 15) is 0 Å². The van der Waals surface area contributed by atoms with E-state index in [0.29, 0.717) is 33.4 Å². The van der Waals surface area contributed by atoms with Gasteiger partial charge in [-0.25, -0.2) is 4.98 Å². The molecule has 0 aliphatic heterocycles. The average Bonchev–Trinajstić information content (AvgIpc) is 3.14. The van der Waals surface area contributed by atoms with Crippen molar-refractivity contribution in [2.24, 2.45) is 7.05 Å². The lowest BCUT2D eigenvalue weighted by Gasteiger charge is -2.11. The van der Waals surface area contributed by atoms with Gasteiger partial charge < -0.3 is 14.8 Å². The van der Waals surface area contributed by atoms with Crippen LogP contribution in [0.5, 0.6) is 11.5 Å². The lowest BCUT2D eigenvalue weighted by atomic mass is 10.1. The minimum Gasteiger partial charge on any atom is -0.497 e. The Balaban J connectivity index is 1.74. The summed E-state index contributed by atoms with van der Waals surface area (Å²) < 4.78 is 12.3. The van der Waals surface area contributed by atoms with Crippen LogP contribution in [0.15, 0.2) is 48.9 Å². The van der Waals surface area contributed by atoms with Gasteiger partial charge in [0.2, 0.25) is 0 Å². The van der Waals surface area contributed by atoms with E-state index in [1.54, 1.807) is 37.4 Å². The normalized spacial score (nSPS) is 10.9. The maximum Gasteiger partial charge on any atom is 0.131 e. The van der Waals surface area contributed by atoms with E-state index in [0.717, 1.165) is 16.8 Å². The standard InChI is InChI=1S/C20H18ClN5O2/c1-26-11-12(9-23-26)16-10-22-17-4-5-18(25-20(17)19(16)21)24-13-6-14(27-2)8-15(7-13)28-3/h4-11H,1-3H3,(H,24,25). The topological polar surface area (TPSA) is 74.1 Å². The van der Waals surface area contributed by atoms with Gasteiger partial charge >= 0.3 is 0 Å². The van der Waals surface area contributed by atoms with Crippen LogP contribution in [0, 0.1) is 0 Å². The first-order chi connectivity index (χ1) is 13.6. The zero-order valence-corrected chi connectivity index (χ0v) is 16.4. The zero-order chi connectivity index (χ0) is 19.7. The number of methoxy groups -OCH3 is 2. The molecule has 0 aliphatic rings. The monoisotopic (exact) mass is 395 g/mol. The molecule has 4 rings (SSSR count). The summed E-state index contributed by atoms with van der Waals surface area (Å²) in [6.45, 7) is 0. The number of aryl methyl sites for hydroxylation is 1. The number of rotatable bonds is 5. The van der Waals surface area contributed by atoms with Gasteiger partial charge in [-0.15, -0.1) is 0 Å². The molecule has 4 aromatic rings. The van der Waals surface area contributed by atoms with E-state index >= 15 is 0 Å². The summed E-state index contributed by atoms with van der Waals surface area (Å²) in [5.41, 5.74) is 3.79. The highest BCUT2D eigenvalue weighted by atomic mass is 35.5. The lowest BCUT2D eigenvalue weighted by molar-refractivity contribution is 0.395. The fraction of sp³-hybridized carbons (Fsp3) is 0.150. The minimum atomic E-state index is 0.532. The number of nitrogens with one attached hydrogen (secondary N) is 1. The first-order valence-corrected chi connectivity index (χ1v) is 8.89. The first kappa shape index (κ1) is 18.1. The second kappa shape index (κ2) is 7.36. The molecule has 0 fully saturated rings. The maximum absolute atomic E-state index is 6.65. The second-order valence-electron chi connectivity index (χ2n) is 6.18. The average molecular weight is 396 g/mol. The number of halogens is 1. The fourth-order valence-corrected chi connectivity index (χ4v) is 3.19. The third-order valence-corrected chi connectivity index (χ3v) is 4.67. The molecule has 0 radical (unpaired) electrons. The molecule has 7 nitrogen and oxygen atoms in total. The molecule has 3 aromatic heterocycles. The summed E-state index contributed by atoms with van der Waals surface area (Å²) in [4.78, 5) is 9.14. The van der Waals surface area contributed by atoms with Gasteiger partial charge in [-0.05, 0) is 12.1 Å². The van der Waals surface area contributed by atoms with Gasteiger partial charge in [-0.1, -0.05) is 11.6 Å². The van der Waals surface area contributed by atoms with Crippen LogP contribution in [-0.2, 0) is 7.05 Å². The van der Waals surface area contributed by atoms with Crippen molar-refractivity contribution in [1.82, 2.24) is 19.7 Å². The number of benzene rings is 1. The van der Waals surface area contributed by atoms with Crippen molar-refractivity contribution in [2.75, 3.05) is 19.5 Å². The van der Waals surface area contributed by atoms with Crippen LogP contribution >= 0.6 is 11.6 Å². The first-order valence-electron chi connectivity index (χ1n) is 8.52. The van der Waals surface area contributed by atoms with Gasteiger partial charge in [0.1, 0.15) is 22.8 Å². The Hall–Kier alpha value is -3.32. The number of pyridine rings is 2. The van der Waals surface area contributed by atoms with Crippen LogP contribution in [-0.4, -0.2) is 34.0 Å². The Morgan fingerprint density at radius 1 is 1.04 bits per heavy atom. The van der Waals surface area contributed by atoms with Gasteiger partial charge in [-0.2, -0.15) is 5.10 Å². The number of fused-ring (bicyclic) bond motifs is 1. The van der Waals surface area contributed by atoms with Crippen molar-refractivity contribution in [3.05, 3.63) is 53.9 Å². The highest BCUT2D eigenvalue weighted by Gasteiger charge is 2.12. The Morgan fingerprint density at radius 3 is 2.43 bits per heavy atom. The Labute approximate surface area is 166 Å². The maximum atomic E-state index is 6.65. The van der Waals surface area contributed by atoms with Crippen LogP contribution < -0.4 is 14.8 Å². The van der Waals surface area contributed by atoms with Gasteiger partial charge in [0.05, 0.1) is 31.0 Å². The lowest BCUT2D eigenvalue weighted by Crippen LogP contribution is -1.97. The molecule has 28 heavy (non-hydrogen) atoms. The van der Waals surface area contributed by atoms with E-state index in [1.807, 2.05) is 37.5 Å². The summed E-state index contributed by atoms with van der Waals surface area (Å²) in [7, 11) is 5.07. The minimum absolute atomic E-state index is 0.532. The van der Waals surface area contributed by atoms with Crippen molar-refractivity contribution < 1.29 is 9.47 Å². The number of nitrogens with zero attached hydrogens (tertiary/aromatic N) is 4. The van der Waals surface area contributed by atoms with E-state index in [1.165, 1.54) is 0 Å². The Kier molecular flexibility index (Phi) is 4.75. The summed E-state index contributed by atoms with van der Waals surface area (Å²) >= 11 is 6.65. The van der Waals surface area contributed by atoms with Gasteiger partial charge in [-0.3, -0.25) is 9.67 Å². The number of aromatic nitrogens is 4. The largest absolute Gasteiger partial charge is 0.497 e. The van der Waals surface area contributed by atoms with Crippen LogP contribution in [0.25, 0.3) is 22.2 Å². The van der Waals surface area contributed by atoms with Crippen molar-refractivity contribution in [3.8, 4) is 22.6 Å². The van der Waals surface area contributed by atoms with Crippen LogP contribution in [0.3, 0.4) is 0 Å². The molecule has 0 saturated carbocycles. The van der Waals surface area contributed by atoms with E-state index in [4.69, 9.17) is 21.1 Å². The molecule has 0 spiro atoms. The summed E-state index contributed by atoms with van der Waals surface area (Å²) in [6.07, 6.45) is 5.38. The van der Waals surface area contributed by atoms with Gasteiger partial charge in [0.25, 0.3) is 0 Å². The second-order valence-corrected chi connectivity index (χ2v) is 6.56. The number of anilines is 2. The van der Waals surface area contributed by atoms with E-state index < -0.39 is 0 Å². The molecule has 142 valence electrons. The number of hydrogen-bond donors (Lipinski definition) is 1. The van der Waals surface area contributed by atoms with Crippen molar-refractivity contribution >= 4 is 34.1 Å². The quantitative estimate of drug-likeness (QED) is 0.538. The molecule has 0 unspecified atom stereocenters. The zero-order valence-electron chi connectivity index (χ0n) is 15.6. The van der Waals surface area contributed by atoms with Gasteiger partial charge in [0, 0.05) is 54.5 Å². The Morgan fingerprint density at radius 2 is 1.79 bits per heavy atom. The summed E-state index contributed by atoms with van der Waals surface area (Å²) in [6, 6.07) is 9.25. The molecule has 0 amide bonds. The van der Waals surface area contributed by atoms with E-state index in [2.05, 4.69) is 20.4 Å². The third-order valence-electron chi connectivity index (χ3n) is 4.29. The molecule has 0 atom stereocenters. The SMILES string of the molecule is COc1cc(Nc2ccc3ncc(-c4cnn(C)c4)c(Cl)c3n2)cc(OC)c1. The molecule has 1 aromatic carbocycles. The molecular formula is C20H18ClN5O2. The Bertz CT molecular complexity index is 1140. The third kappa shape index (κ3) is 3.44. The predicted molar refractivity (Wildman–Crippen MR) is 110 cm³/mol. The summed E-state index contributed by atoms with van der Waals surface area (Å²) in [5, 5.41) is 7.99. The molecular weight excluding hydrogens is 378 g/mol. The number of ether oxygens (including phenoxy) is 2. The fourth-order valence-electron chi connectivity index (χ4n) is 2.89. The van der Waals surface area contributed by atoms with Crippen molar-refractivity contribution in [3.63, 3.8) is 0 Å². The molecule has 0 aliphatic carbocycles.